The number of hydrogen-bond acceptors (Lipinski definition) is 2. The number of amides is 1. The van der Waals surface area contributed by atoms with Gasteiger partial charge in [0.2, 0.25) is 11.7 Å². The lowest BCUT2D eigenvalue weighted by Crippen LogP contribution is -2.27. The van der Waals surface area contributed by atoms with Crippen molar-refractivity contribution in [2.45, 2.75) is 19.5 Å². The Morgan fingerprint density at radius 3 is 2.47 bits per heavy atom. The van der Waals surface area contributed by atoms with Crippen LogP contribution in [0.15, 0.2) is 24.3 Å². The molecule has 17 heavy (non-hydrogen) atoms. The average Bonchev–Trinajstić information content (AvgIpc) is 2.15. The Morgan fingerprint density at radius 2 is 1.94 bits per heavy atom. The number of benzene rings is 1. The van der Waals surface area contributed by atoms with E-state index in [1.807, 2.05) is 0 Å². The van der Waals surface area contributed by atoms with Gasteiger partial charge in [0.05, 0.1) is 6.42 Å². The Kier molecular flexibility index (Phi) is 3.88. The van der Waals surface area contributed by atoms with Gasteiger partial charge in [0.15, 0.2) is 0 Å². The number of hydrogen-bond donors (Lipinski definition) is 1. The minimum absolute atomic E-state index is 0.366. The number of rotatable bonds is 3. The molecule has 1 amide bonds. The Balaban J connectivity index is 2.59. The predicted molar refractivity (Wildman–Crippen MR) is 55.5 cm³/mol. The van der Waals surface area contributed by atoms with Crippen LogP contribution in [0.5, 0.6) is 0 Å². The van der Waals surface area contributed by atoms with Crippen LogP contribution in [-0.4, -0.2) is 17.9 Å². The molecule has 0 atom stereocenters. The maximum absolute atomic E-state index is 11.9. The van der Waals surface area contributed by atoms with Crippen molar-refractivity contribution in [2.24, 2.45) is 0 Å². The molecule has 3 nitrogen and oxygen atoms in total. The second kappa shape index (κ2) is 4.99. The molecule has 0 fully saturated rings. The van der Waals surface area contributed by atoms with Crippen LogP contribution < -0.4 is 5.32 Å². The molecular weight excluding hydrogens is 235 g/mol. The van der Waals surface area contributed by atoms with Gasteiger partial charge in [-0.2, -0.15) is 13.2 Å². The molecule has 0 spiro atoms. The number of carbonyl (C=O) groups excluding carboxylic acids is 2. The van der Waals surface area contributed by atoms with Gasteiger partial charge in [-0.05, 0) is 24.6 Å². The lowest BCUT2D eigenvalue weighted by Gasteiger charge is -2.07. The summed E-state index contributed by atoms with van der Waals surface area (Å²) in [4.78, 5) is 21.7. The van der Waals surface area contributed by atoms with Gasteiger partial charge >= 0.3 is 6.18 Å². The molecule has 0 aliphatic carbocycles. The third kappa shape index (κ3) is 4.26. The van der Waals surface area contributed by atoms with Crippen molar-refractivity contribution in [3.05, 3.63) is 29.8 Å². The van der Waals surface area contributed by atoms with Crippen LogP contribution in [0.2, 0.25) is 0 Å². The molecule has 0 aromatic heterocycles. The summed E-state index contributed by atoms with van der Waals surface area (Å²) < 4.78 is 35.6. The molecular formula is C11H10F3NO2. The van der Waals surface area contributed by atoms with Crippen LogP contribution in [0, 0.1) is 6.92 Å². The van der Waals surface area contributed by atoms with Crippen molar-refractivity contribution in [3.8, 4) is 0 Å². The van der Waals surface area contributed by atoms with Gasteiger partial charge in [-0.15, -0.1) is 0 Å². The van der Waals surface area contributed by atoms with Crippen LogP contribution in [0.25, 0.3) is 0 Å². The molecule has 0 aliphatic rings. The lowest BCUT2D eigenvalue weighted by molar-refractivity contribution is -0.171. The Bertz CT molecular complexity index is 441. The molecule has 1 N–H and O–H groups in total. The Hall–Kier alpha value is -1.85. The van der Waals surface area contributed by atoms with Crippen molar-refractivity contribution in [3.63, 3.8) is 0 Å². The largest absolute Gasteiger partial charge is 0.450 e. The summed E-state index contributed by atoms with van der Waals surface area (Å²) >= 11 is 0. The molecule has 6 heteroatoms. The van der Waals surface area contributed by atoms with E-state index in [4.69, 9.17) is 0 Å². The third-order valence-corrected chi connectivity index (χ3v) is 1.94. The monoisotopic (exact) mass is 245 g/mol. The van der Waals surface area contributed by atoms with Crippen molar-refractivity contribution in [2.75, 3.05) is 5.32 Å². The number of halogens is 3. The van der Waals surface area contributed by atoms with E-state index in [9.17, 15) is 22.8 Å². The van der Waals surface area contributed by atoms with Gasteiger partial charge in [0.1, 0.15) is 0 Å². The Labute approximate surface area is 95.6 Å². The summed E-state index contributed by atoms with van der Waals surface area (Å²) in [6.45, 7) is 1.77. The van der Waals surface area contributed by atoms with E-state index in [2.05, 4.69) is 5.32 Å². The first-order valence-electron chi connectivity index (χ1n) is 4.75. The number of aryl methyl sites for hydroxylation is 1. The standard InChI is InChI=1S/C11H10F3NO2/c1-7-3-2-4-8(5-7)15-10(17)6-9(16)11(12,13)14/h2-5H,6H2,1H3,(H,15,17). The number of anilines is 1. The first kappa shape index (κ1) is 13.2. The maximum atomic E-state index is 11.9. The smallest absolute Gasteiger partial charge is 0.326 e. The summed E-state index contributed by atoms with van der Waals surface area (Å²) in [5.41, 5.74) is 1.22. The number of alkyl halides is 3. The number of Topliss-reactive ketones (excluding diaryl/α,β-unsaturated/α-hetero) is 1. The van der Waals surface area contributed by atoms with E-state index in [-0.39, 0.29) is 0 Å². The van der Waals surface area contributed by atoms with E-state index >= 15 is 0 Å². The first-order valence-corrected chi connectivity index (χ1v) is 4.75. The van der Waals surface area contributed by atoms with Crippen LogP contribution in [-0.2, 0) is 9.59 Å². The fourth-order valence-corrected chi connectivity index (χ4v) is 1.17. The third-order valence-electron chi connectivity index (χ3n) is 1.94. The normalized spacial score (nSPS) is 11.1. The van der Waals surface area contributed by atoms with Crippen LogP contribution >= 0.6 is 0 Å². The number of nitrogens with one attached hydrogen (secondary N) is 1. The van der Waals surface area contributed by atoms with Gasteiger partial charge in [-0.25, -0.2) is 0 Å². The number of ketones is 1. The zero-order chi connectivity index (χ0) is 13.1. The minimum Gasteiger partial charge on any atom is -0.326 e. The summed E-state index contributed by atoms with van der Waals surface area (Å²) in [6, 6.07) is 6.55. The molecule has 0 bridgehead atoms. The first-order chi connectivity index (χ1) is 7.79. The summed E-state index contributed by atoms with van der Waals surface area (Å²) in [5, 5.41) is 2.23. The topological polar surface area (TPSA) is 46.2 Å². The maximum Gasteiger partial charge on any atom is 0.450 e. The quantitative estimate of drug-likeness (QED) is 0.831. The van der Waals surface area contributed by atoms with E-state index in [1.165, 1.54) is 6.07 Å². The highest BCUT2D eigenvalue weighted by Gasteiger charge is 2.39. The SMILES string of the molecule is Cc1cccc(NC(=O)CC(=O)C(F)(F)F)c1. The zero-order valence-corrected chi connectivity index (χ0v) is 8.97. The summed E-state index contributed by atoms with van der Waals surface area (Å²) in [5.74, 6) is -3.03. The predicted octanol–water partition coefficient (Wildman–Crippen LogP) is 2.46. The van der Waals surface area contributed by atoms with E-state index in [0.29, 0.717) is 5.69 Å². The van der Waals surface area contributed by atoms with Crippen molar-refractivity contribution in [1.82, 2.24) is 0 Å². The van der Waals surface area contributed by atoms with E-state index < -0.39 is 24.3 Å². The molecule has 0 aliphatic heterocycles. The van der Waals surface area contributed by atoms with Crippen molar-refractivity contribution < 1.29 is 22.8 Å². The second-order valence-electron chi connectivity index (χ2n) is 3.52. The van der Waals surface area contributed by atoms with Gasteiger partial charge in [-0.1, -0.05) is 12.1 Å². The molecule has 92 valence electrons. The minimum atomic E-state index is -4.97. The molecule has 1 aromatic carbocycles. The van der Waals surface area contributed by atoms with Gasteiger partial charge < -0.3 is 5.32 Å². The molecule has 0 radical (unpaired) electrons. The highest BCUT2D eigenvalue weighted by atomic mass is 19.4. The van der Waals surface area contributed by atoms with Crippen LogP contribution in [0.1, 0.15) is 12.0 Å². The van der Waals surface area contributed by atoms with Crippen LogP contribution in [0.3, 0.4) is 0 Å². The second-order valence-corrected chi connectivity index (χ2v) is 3.52. The van der Waals surface area contributed by atoms with Crippen molar-refractivity contribution in [1.29, 1.82) is 0 Å². The van der Waals surface area contributed by atoms with Crippen LogP contribution in [0.4, 0.5) is 18.9 Å². The zero-order valence-electron chi connectivity index (χ0n) is 8.97. The van der Waals surface area contributed by atoms with E-state index in [0.717, 1.165) is 5.56 Å². The number of carbonyl (C=O) groups is 2. The highest BCUT2D eigenvalue weighted by Crippen LogP contribution is 2.18. The van der Waals surface area contributed by atoms with Gasteiger partial charge in [0.25, 0.3) is 0 Å². The molecule has 0 saturated heterocycles. The van der Waals surface area contributed by atoms with E-state index in [1.54, 1.807) is 25.1 Å². The molecule has 0 saturated carbocycles. The highest BCUT2D eigenvalue weighted by molar-refractivity contribution is 6.06. The fourth-order valence-electron chi connectivity index (χ4n) is 1.17. The average molecular weight is 245 g/mol. The summed E-state index contributed by atoms with van der Waals surface area (Å²) in [7, 11) is 0. The van der Waals surface area contributed by atoms with Gasteiger partial charge in [-0.3, -0.25) is 9.59 Å². The summed E-state index contributed by atoms with van der Waals surface area (Å²) in [6.07, 6.45) is -6.17. The van der Waals surface area contributed by atoms with Crippen molar-refractivity contribution >= 4 is 17.4 Å². The lowest BCUT2D eigenvalue weighted by atomic mass is 10.2. The molecule has 0 unspecified atom stereocenters. The van der Waals surface area contributed by atoms with Gasteiger partial charge in [0, 0.05) is 5.69 Å². The molecule has 1 rings (SSSR count). The molecule has 1 aromatic rings. The fraction of sp³-hybridized carbons (Fsp3) is 0.273. The molecule has 0 heterocycles. The Morgan fingerprint density at radius 1 is 1.29 bits per heavy atom.